The largest absolute Gasteiger partial charge is 0.460 e. The van der Waals surface area contributed by atoms with Gasteiger partial charge >= 0.3 is 0 Å². The minimum Gasteiger partial charge on any atom is -0.460 e. The normalized spacial score (nSPS) is 12.6. The first-order valence-corrected chi connectivity index (χ1v) is 24.5. The number of aliphatic imine (C=N–C) groups is 2. The SMILES string of the molecule is C/C=C\N=C(N)c1ccccc1-c1ccc2c(c1)c(N)c(/C=C\CC)n2-c1ccc2oc(CC)c(/C=C(\CC)n3c4c(c5cc(-c6ccccc6C)ccc53)N=CCC4)c2c1.C=C/C=C\N.CC.CN. The van der Waals surface area contributed by atoms with Crippen LogP contribution in [0.5, 0.6) is 0 Å². The lowest BCUT2D eigenvalue weighted by atomic mass is 9.97. The van der Waals surface area contributed by atoms with Crippen LogP contribution < -0.4 is 22.9 Å². The molecule has 0 saturated heterocycles. The zero-order valence-corrected chi connectivity index (χ0v) is 42.3. The lowest BCUT2D eigenvalue weighted by Gasteiger charge is -2.16. The van der Waals surface area contributed by atoms with Crippen LogP contribution >= 0.6 is 0 Å². The second-order valence-electron chi connectivity index (χ2n) is 16.3. The van der Waals surface area contributed by atoms with Crippen LogP contribution in [0.3, 0.4) is 0 Å². The van der Waals surface area contributed by atoms with Crippen molar-refractivity contribution in [3.63, 3.8) is 0 Å². The van der Waals surface area contributed by atoms with Gasteiger partial charge in [-0.1, -0.05) is 120 Å². The molecular formula is C61H70N8O. The van der Waals surface area contributed by atoms with Crippen LogP contribution in [0.4, 0.5) is 11.4 Å². The molecule has 0 spiro atoms. The molecule has 8 aromatic rings. The Hall–Kier alpha value is -7.88. The van der Waals surface area contributed by atoms with E-state index < -0.39 is 0 Å². The van der Waals surface area contributed by atoms with Crippen molar-refractivity contribution in [3.8, 4) is 27.9 Å². The molecule has 0 amide bonds. The van der Waals surface area contributed by atoms with E-state index in [1.54, 1.807) is 18.4 Å². The number of allylic oxidation sites excluding steroid dienone is 5. The summed E-state index contributed by atoms with van der Waals surface area (Å²) in [4.78, 5) is 9.47. The summed E-state index contributed by atoms with van der Waals surface area (Å²) in [5.74, 6) is 1.43. The second-order valence-corrected chi connectivity index (χ2v) is 16.3. The highest BCUT2D eigenvalue weighted by Crippen LogP contribution is 2.43. The Morgan fingerprint density at radius 2 is 1.56 bits per heavy atom. The highest BCUT2D eigenvalue weighted by Gasteiger charge is 2.23. The summed E-state index contributed by atoms with van der Waals surface area (Å²) in [7, 11) is 1.50. The standard InChI is InChI=1S/C54H52N6O.C4H7N.C2H6.CH5N/c1-6-10-20-48-52(55)44-30-36(40-18-13-14-19-41(40)54(56)58-28-7-2)23-25-46(44)60(48)38-24-27-51-43(33-38)42(50(9-4)61-51)32-37(8-3)59-47-26-22-35(39-17-12-11-16-34(39)5)31-45(47)53-49(59)21-15-29-57-53;1-2-3-4-5;2*1-2/h7,10-14,16-20,22-33H,6,8-9,15,21,55H2,1-5H3,(H2,56,58);2-4H,1,5H2;1-2H3;2H2,1H3/b20-10-,28-7-,37-32+;4-3-;;. The fourth-order valence-corrected chi connectivity index (χ4v) is 9.09. The number of benzene rings is 5. The maximum atomic E-state index is 7.12. The van der Waals surface area contributed by atoms with Gasteiger partial charge in [-0.2, -0.15) is 0 Å². The number of nitrogens with zero attached hydrogens (tertiary/aromatic N) is 4. The van der Waals surface area contributed by atoms with Gasteiger partial charge in [0.15, 0.2) is 0 Å². The van der Waals surface area contributed by atoms with Gasteiger partial charge in [0, 0.05) is 63.2 Å². The lowest BCUT2D eigenvalue weighted by Crippen LogP contribution is -2.13. The molecular weight excluding hydrogens is 861 g/mol. The predicted octanol–water partition coefficient (Wildman–Crippen LogP) is 15.1. The average Bonchev–Trinajstić information content (AvgIpc) is 4.03. The number of aromatic nitrogens is 2. The Labute approximate surface area is 414 Å². The van der Waals surface area contributed by atoms with Crippen molar-refractivity contribution >= 4 is 74.0 Å². The third-order valence-electron chi connectivity index (χ3n) is 12.2. The van der Waals surface area contributed by atoms with Gasteiger partial charge in [0.25, 0.3) is 0 Å². The van der Waals surface area contributed by atoms with Crippen molar-refractivity contribution in [2.75, 3.05) is 12.8 Å². The number of anilines is 1. The molecule has 9 rings (SSSR count). The Bertz CT molecular complexity index is 3290. The molecule has 5 aromatic carbocycles. The number of hydrogen-bond donors (Lipinski definition) is 4. The molecule has 70 heavy (non-hydrogen) atoms. The third-order valence-corrected chi connectivity index (χ3v) is 12.2. The maximum absolute atomic E-state index is 7.12. The highest BCUT2D eigenvalue weighted by atomic mass is 16.3. The molecule has 0 saturated carbocycles. The Kier molecular flexibility index (Phi) is 18.0. The average molecular weight is 931 g/mol. The molecule has 0 atom stereocenters. The number of hydrogen-bond acceptors (Lipinski definition) is 6. The van der Waals surface area contributed by atoms with E-state index in [-0.39, 0.29) is 0 Å². The molecule has 8 N–H and O–H groups in total. The number of furan rings is 1. The van der Waals surface area contributed by atoms with Crippen LogP contribution in [0.1, 0.15) is 94.6 Å². The fourth-order valence-electron chi connectivity index (χ4n) is 9.09. The van der Waals surface area contributed by atoms with Gasteiger partial charge in [-0.3, -0.25) is 4.99 Å². The molecule has 3 aromatic heterocycles. The second kappa shape index (κ2) is 24.4. The van der Waals surface area contributed by atoms with Gasteiger partial charge in [-0.05, 0) is 141 Å². The van der Waals surface area contributed by atoms with E-state index in [2.05, 4.69) is 164 Å². The van der Waals surface area contributed by atoms with Crippen molar-refractivity contribution in [1.29, 1.82) is 0 Å². The molecule has 0 radical (unpaired) electrons. The van der Waals surface area contributed by atoms with E-state index in [0.29, 0.717) is 5.84 Å². The first kappa shape index (κ1) is 51.5. The summed E-state index contributed by atoms with van der Waals surface area (Å²) in [6.45, 7) is 18.0. The smallest absolute Gasteiger partial charge is 0.135 e. The van der Waals surface area contributed by atoms with Crippen LogP contribution in [0.25, 0.3) is 78.6 Å². The molecule has 360 valence electrons. The van der Waals surface area contributed by atoms with Crippen molar-refractivity contribution in [1.82, 2.24) is 9.13 Å². The monoisotopic (exact) mass is 931 g/mol. The third kappa shape index (κ3) is 10.4. The number of aryl methyl sites for hydroxylation is 2. The molecule has 0 unspecified atom stereocenters. The Morgan fingerprint density at radius 3 is 2.23 bits per heavy atom. The predicted molar refractivity (Wildman–Crippen MR) is 305 cm³/mol. The minimum absolute atomic E-state index is 0.465. The summed E-state index contributed by atoms with van der Waals surface area (Å²) in [5.41, 5.74) is 40.0. The van der Waals surface area contributed by atoms with Crippen LogP contribution in [-0.2, 0) is 12.8 Å². The molecule has 9 heteroatoms. The van der Waals surface area contributed by atoms with Gasteiger partial charge in [0.2, 0.25) is 0 Å². The molecule has 0 aliphatic carbocycles. The zero-order valence-electron chi connectivity index (χ0n) is 42.3. The molecule has 0 fully saturated rings. The van der Waals surface area contributed by atoms with Gasteiger partial charge in [-0.25, -0.2) is 4.99 Å². The van der Waals surface area contributed by atoms with Gasteiger partial charge < -0.3 is 36.5 Å². The van der Waals surface area contributed by atoms with Crippen molar-refractivity contribution in [2.24, 2.45) is 27.2 Å². The fraction of sp³-hybridized carbons (Fsp3) is 0.213. The highest BCUT2D eigenvalue weighted by molar-refractivity contribution is 6.07. The van der Waals surface area contributed by atoms with E-state index in [9.17, 15) is 0 Å². The van der Waals surface area contributed by atoms with Crippen LogP contribution in [0, 0.1) is 6.92 Å². The summed E-state index contributed by atoms with van der Waals surface area (Å²) in [6.07, 6.45) is 21.4. The first-order chi connectivity index (χ1) is 34.3. The topological polar surface area (TPSA) is 152 Å². The molecule has 9 nitrogen and oxygen atoms in total. The van der Waals surface area contributed by atoms with Crippen molar-refractivity contribution < 1.29 is 4.42 Å². The molecule has 4 heterocycles. The zero-order chi connectivity index (χ0) is 50.3. The van der Waals surface area contributed by atoms with Crippen LogP contribution in [-0.4, -0.2) is 28.2 Å². The van der Waals surface area contributed by atoms with E-state index in [4.69, 9.17) is 26.6 Å². The Balaban J connectivity index is 0.000000831. The number of nitrogen functional groups attached to an aromatic ring is 1. The lowest BCUT2D eigenvalue weighted by molar-refractivity contribution is 0.556. The summed E-state index contributed by atoms with van der Waals surface area (Å²) >= 11 is 0. The van der Waals surface area contributed by atoms with E-state index in [1.165, 1.54) is 52.2 Å². The Morgan fingerprint density at radius 1 is 0.857 bits per heavy atom. The van der Waals surface area contributed by atoms with Crippen LogP contribution in [0.15, 0.2) is 161 Å². The van der Waals surface area contributed by atoms with E-state index >= 15 is 0 Å². The van der Waals surface area contributed by atoms with Crippen molar-refractivity contribution in [2.45, 2.75) is 80.6 Å². The van der Waals surface area contributed by atoms with Gasteiger partial charge in [0.1, 0.15) is 17.2 Å². The van der Waals surface area contributed by atoms with Crippen molar-refractivity contribution in [3.05, 3.63) is 180 Å². The summed E-state index contributed by atoms with van der Waals surface area (Å²) in [6, 6.07) is 36.6. The summed E-state index contributed by atoms with van der Waals surface area (Å²) in [5, 5.41) is 3.22. The van der Waals surface area contributed by atoms with E-state index in [0.717, 1.165) is 105 Å². The number of rotatable bonds is 12. The number of fused-ring (bicyclic) bond motifs is 5. The molecule has 0 bridgehead atoms. The minimum atomic E-state index is 0.465. The quantitative estimate of drug-likeness (QED) is 0.0546. The summed E-state index contributed by atoms with van der Waals surface area (Å²) < 4.78 is 11.4. The van der Waals surface area contributed by atoms with Gasteiger partial charge in [0.05, 0.1) is 28.1 Å². The molecule has 1 aliphatic heterocycles. The maximum Gasteiger partial charge on any atom is 0.135 e. The van der Waals surface area contributed by atoms with E-state index in [1.807, 2.05) is 45.0 Å². The van der Waals surface area contributed by atoms with Gasteiger partial charge in [-0.15, -0.1) is 0 Å². The molecule has 1 aliphatic rings. The first-order valence-electron chi connectivity index (χ1n) is 24.5. The number of amidine groups is 1. The number of nitrogens with two attached hydrogens (primary N) is 4. The van der Waals surface area contributed by atoms with Crippen LogP contribution in [0.2, 0.25) is 0 Å².